The van der Waals surface area contributed by atoms with Crippen molar-refractivity contribution in [3.63, 3.8) is 0 Å². The number of ketones is 1. The van der Waals surface area contributed by atoms with Crippen molar-refractivity contribution in [2.24, 2.45) is 0 Å². The molecular formula is C21H19NO2. The molecule has 0 atom stereocenters. The highest BCUT2D eigenvalue weighted by Crippen LogP contribution is 2.20. The van der Waals surface area contributed by atoms with Crippen molar-refractivity contribution in [3.05, 3.63) is 84.4 Å². The molecule has 24 heavy (non-hydrogen) atoms. The summed E-state index contributed by atoms with van der Waals surface area (Å²) in [6.07, 6.45) is 0. The van der Waals surface area contributed by atoms with E-state index in [-0.39, 0.29) is 12.3 Å². The van der Waals surface area contributed by atoms with E-state index < -0.39 is 0 Å². The minimum atomic E-state index is 0.0606. The number of nitrogens with one attached hydrogen (secondary N) is 1. The molecule has 0 aromatic heterocycles. The maximum absolute atomic E-state index is 12.3. The summed E-state index contributed by atoms with van der Waals surface area (Å²) in [5.41, 5.74) is 3.85. The monoisotopic (exact) mass is 317 g/mol. The Morgan fingerprint density at radius 3 is 2.08 bits per heavy atom. The number of hydrogen-bond acceptors (Lipinski definition) is 3. The summed E-state index contributed by atoms with van der Waals surface area (Å²) in [4.78, 5) is 12.3. The van der Waals surface area contributed by atoms with E-state index in [1.54, 1.807) is 7.11 Å². The Morgan fingerprint density at radius 2 is 1.46 bits per heavy atom. The largest absolute Gasteiger partial charge is 0.497 e. The number of methoxy groups -OCH3 is 1. The summed E-state index contributed by atoms with van der Waals surface area (Å²) in [6, 6.07) is 25.3. The minimum absolute atomic E-state index is 0.0606. The van der Waals surface area contributed by atoms with Crippen molar-refractivity contribution in [2.45, 2.75) is 0 Å². The van der Waals surface area contributed by atoms with Crippen LogP contribution in [0, 0.1) is 0 Å². The van der Waals surface area contributed by atoms with E-state index in [0.717, 1.165) is 22.6 Å². The molecule has 0 radical (unpaired) electrons. The van der Waals surface area contributed by atoms with E-state index in [0.29, 0.717) is 5.56 Å². The van der Waals surface area contributed by atoms with Crippen LogP contribution in [0.25, 0.3) is 11.1 Å². The van der Waals surface area contributed by atoms with E-state index in [2.05, 4.69) is 17.4 Å². The van der Waals surface area contributed by atoms with Gasteiger partial charge in [0, 0.05) is 11.3 Å². The van der Waals surface area contributed by atoms with E-state index in [4.69, 9.17) is 4.74 Å². The molecule has 0 fully saturated rings. The normalized spacial score (nSPS) is 10.2. The molecule has 120 valence electrons. The summed E-state index contributed by atoms with van der Waals surface area (Å²) in [7, 11) is 1.63. The van der Waals surface area contributed by atoms with Gasteiger partial charge in [-0.05, 0) is 35.4 Å². The van der Waals surface area contributed by atoms with Gasteiger partial charge in [-0.2, -0.15) is 0 Å². The van der Waals surface area contributed by atoms with Gasteiger partial charge in [0.15, 0.2) is 5.78 Å². The molecule has 0 heterocycles. The third-order valence-electron chi connectivity index (χ3n) is 3.86. The Balaban J connectivity index is 1.62. The standard InChI is InChI=1S/C21H19NO2/c1-24-20-13-11-19(12-14-20)22-15-21(23)18-9-7-17(8-10-18)16-5-3-2-4-6-16/h2-14,22H,15H2,1H3. The number of carbonyl (C=O) groups excluding carboxylic acids is 1. The lowest BCUT2D eigenvalue weighted by Gasteiger charge is -2.08. The number of hydrogen-bond donors (Lipinski definition) is 1. The lowest BCUT2D eigenvalue weighted by molar-refractivity contribution is 0.101. The molecule has 0 unspecified atom stereocenters. The van der Waals surface area contributed by atoms with Crippen LogP contribution in [-0.4, -0.2) is 19.4 Å². The van der Waals surface area contributed by atoms with Crippen LogP contribution in [0.15, 0.2) is 78.9 Å². The average molecular weight is 317 g/mol. The summed E-state index contributed by atoms with van der Waals surface area (Å²) in [5.74, 6) is 0.855. The first-order chi connectivity index (χ1) is 11.8. The molecule has 0 aliphatic rings. The number of carbonyl (C=O) groups is 1. The lowest BCUT2D eigenvalue weighted by Crippen LogP contribution is -2.13. The fraction of sp³-hybridized carbons (Fsp3) is 0.0952. The Bertz CT molecular complexity index is 794. The second-order valence-corrected chi connectivity index (χ2v) is 5.45. The fourth-order valence-electron chi connectivity index (χ4n) is 2.47. The van der Waals surface area contributed by atoms with Crippen molar-refractivity contribution in [3.8, 4) is 16.9 Å². The molecule has 0 aliphatic carbocycles. The van der Waals surface area contributed by atoms with Crippen LogP contribution in [0.2, 0.25) is 0 Å². The minimum Gasteiger partial charge on any atom is -0.497 e. The molecule has 3 heteroatoms. The van der Waals surface area contributed by atoms with Gasteiger partial charge in [0.1, 0.15) is 5.75 Å². The predicted molar refractivity (Wildman–Crippen MR) is 97.7 cm³/mol. The number of rotatable bonds is 6. The van der Waals surface area contributed by atoms with Crippen LogP contribution in [0.4, 0.5) is 5.69 Å². The Hall–Kier alpha value is -3.07. The molecule has 3 rings (SSSR count). The molecule has 1 N–H and O–H groups in total. The lowest BCUT2D eigenvalue weighted by atomic mass is 10.0. The van der Waals surface area contributed by atoms with Crippen LogP contribution in [0.1, 0.15) is 10.4 Å². The first kappa shape index (κ1) is 15.8. The first-order valence-electron chi connectivity index (χ1n) is 7.83. The molecule has 3 aromatic carbocycles. The molecule has 0 spiro atoms. The van der Waals surface area contributed by atoms with Crippen LogP contribution in [-0.2, 0) is 0 Å². The van der Waals surface area contributed by atoms with Gasteiger partial charge in [0.2, 0.25) is 0 Å². The fourth-order valence-corrected chi connectivity index (χ4v) is 2.47. The molecule has 3 nitrogen and oxygen atoms in total. The number of anilines is 1. The number of ether oxygens (including phenoxy) is 1. The van der Waals surface area contributed by atoms with Gasteiger partial charge >= 0.3 is 0 Å². The highest BCUT2D eigenvalue weighted by molar-refractivity contribution is 5.99. The first-order valence-corrected chi connectivity index (χ1v) is 7.83. The Morgan fingerprint density at radius 1 is 0.833 bits per heavy atom. The SMILES string of the molecule is COc1ccc(NCC(=O)c2ccc(-c3ccccc3)cc2)cc1. The maximum Gasteiger partial charge on any atom is 0.181 e. The second-order valence-electron chi connectivity index (χ2n) is 5.45. The predicted octanol–water partition coefficient (Wildman–Crippen LogP) is 4.66. The van der Waals surface area contributed by atoms with Crippen LogP contribution in [0.3, 0.4) is 0 Å². The number of benzene rings is 3. The zero-order chi connectivity index (χ0) is 16.8. The molecule has 0 saturated carbocycles. The molecule has 0 aliphatic heterocycles. The van der Waals surface area contributed by atoms with Gasteiger partial charge in [-0.3, -0.25) is 4.79 Å². The Labute approximate surface area is 141 Å². The zero-order valence-corrected chi connectivity index (χ0v) is 13.5. The van der Waals surface area contributed by atoms with Gasteiger partial charge in [-0.15, -0.1) is 0 Å². The zero-order valence-electron chi connectivity index (χ0n) is 13.5. The van der Waals surface area contributed by atoms with Crippen molar-refractivity contribution < 1.29 is 9.53 Å². The van der Waals surface area contributed by atoms with Gasteiger partial charge in [0.25, 0.3) is 0 Å². The van der Waals surface area contributed by atoms with Gasteiger partial charge in [-0.1, -0.05) is 54.6 Å². The second kappa shape index (κ2) is 7.47. The Kier molecular flexibility index (Phi) is 4.92. The van der Waals surface area contributed by atoms with Crippen molar-refractivity contribution in [1.82, 2.24) is 0 Å². The summed E-state index contributed by atoms with van der Waals surface area (Å²) >= 11 is 0. The van der Waals surface area contributed by atoms with Gasteiger partial charge in [0.05, 0.1) is 13.7 Å². The van der Waals surface area contributed by atoms with E-state index in [1.807, 2.05) is 66.7 Å². The molecular weight excluding hydrogens is 298 g/mol. The van der Waals surface area contributed by atoms with E-state index >= 15 is 0 Å². The van der Waals surface area contributed by atoms with Crippen LogP contribution < -0.4 is 10.1 Å². The highest BCUT2D eigenvalue weighted by Gasteiger charge is 2.06. The van der Waals surface area contributed by atoms with Crippen molar-refractivity contribution in [2.75, 3.05) is 19.0 Å². The highest BCUT2D eigenvalue weighted by atomic mass is 16.5. The summed E-state index contributed by atoms with van der Waals surface area (Å²) < 4.78 is 5.12. The molecule has 0 amide bonds. The summed E-state index contributed by atoms with van der Waals surface area (Å²) in [5, 5.41) is 3.14. The van der Waals surface area contributed by atoms with Crippen LogP contribution >= 0.6 is 0 Å². The van der Waals surface area contributed by atoms with Gasteiger partial charge < -0.3 is 10.1 Å². The number of Topliss-reactive ketones (excluding diaryl/α,β-unsaturated/α-hetero) is 1. The summed E-state index contributed by atoms with van der Waals surface area (Å²) in [6.45, 7) is 0.261. The van der Waals surface area contributed by atoms with Crippen molar-refractivity contribution >= 4 is 11.5 Å². The third-order valence-corrected chi connectivity index (χ3v) is 3.86. The van der Waals surface area contributed by atoms with Crippen LogP contribution in [0.5, 0.6) is 5.75 Å². The molecule has 0 bridgehead atoms. The van der Waals surface area contributed by atoms with Crippen molar-refractivity contribution in [1.29, 1.82) is 0 Å². The van der Waals surface area contributed by atoms with E-state index in [1.165, 1.54) is 0 Å². The quantitative estimate of drug-likeness (QED) is 0.672. The van der Waals surface area contributed by atoms with Gasteiger partial charge in [-0.25, -0.2) is 0 Å². The third kappa shape index (κ3) is 3.82. The molecule has 0 saturated heterocycles. The topological polar surface area (TPSA) is 38.3 Å². The molecule has 3 aromatic rings. The smallest absolute Gasteiger partial charge is 0.181 e. The van der Waals surface area contributed by atoms with E-state index in [9.17, 15) is 4.79 Å². The average Bonchev–Trinajstić information content (AvgIpc) is 2.67. The maximum atomic E-state index is 12.3.